The van der Waals surface area contributed by atoms with Gasteiger partial charge in [-0.1, -0.05) is 51.1 Å². The Morgan fingerprint density at radius 3 is 2.19 bits per heavy atom. The zero-order valence-corrected chi connectivity index (χ0v) is 15.5. The Kier molecular flexibility index (Phi) is 6.39. The fourth-order valence-corrected chi connectivity index (χ4v) is 2.65. The molecule has 0 aliphatic heterocycles. The van der Waals surface area contributed by atoms with Crippen LogP contribution in [-0.2, 0) is 4.79 Å². The highest BCUT2D eigenvalue weighted by Crippen LogP contribution is 2.29. The first kappa shape index (κ1) is 19.5. The maximum atomic E-state index is 12.4. The molecule has 2 aromatic carbocycles. The molecule has 138 valence electrons. The highest BCUT2D eigenvalue weighted by molar-refractivity contribution is 5.92. The van der Waals surface area contributed by atoms with E-state index < -0.39 is 5.91 Å². The number of nitrogens with one attached hydrogen (secondary N) is 1. The number of hydrogen-bond donors (Lipinski definition) is 2. The van der Waals surface area contributed by atoms with E-state index in [1.54, 1.807) is 24.3 Å². The van der Waals surface area contributed by atoms with E-state index >= 15 is 0 Å². The van der Waals surface area contributed by atoms with Crippen molar-refractivity contribution in [3.8, 4) is 5.75 Å². The molecule has 0 bridgehead atoms. The van der Waals surface area contributed by atoms with Crippen LogP contribution >= 0.6 is 0 Å². The summed E-state index contributed by atoms with van der Waals surface area (Å²) in [4.78, 5) is 23.4. The molecule has 5 heteroatoms. The van der Waals surface area contributed by atoms with Crippen molar-refractivity contribution in [2.45, 2.75) is 33.2 Å². The van der Waals surface area contributed by atoms with E-state index in [2.05, 4.69) is 26.1 Å². The van der Waals surface area contributed by atoms with Gasteiger partial charge in [0, 0.05) is 5.56 Å². The predicted molar refractivity (Wildman–Crippen MR) is 102 cm³/mol. The van der Waals surface area contributed by atoms with Crippen molar-refractivity contribution in [3.05, 3.63) is 65.7 Å². The quantitative estimate of drug-likeness (QED) is 0.799. The average molecular weight is 354 g/mol. The molecular weight excluding hydrogens is 328 g/mol. The van der Waals surface area contributed by atoms with Crippen molar-refractivity contribution in [1.29, 1.82) is 0 Å². The summed E-state index contributed by atoms with van der Waals surface area (Å²) in [5.74, 6) is -0.179. The fraction of sp³-hybridized carbons (Fsp3) is 0.333. The summed E-state index contributed by atoms with van der Waals surface area (Å²) in [5.41, 5.74) is 6.74. The predicted octanol–water partition coefficient (Wildman–Crippen LogP) is 3.46. The zero-order chi connectivity index (χ0) is 19.2. The van der Waals surface area contributed by atoms with E-state index in [4.69, 9.17) is 10.5 Å². The van der Waals surface area contributed by atoms with Gasteiger partial charge in [0.25, 0.3) is 5.91 Å². The highest BCUT2D eigenvalue weighted by atomic mass is 16.5. The van der Waals surface area contributed by atoms with E-state index in [1.807, 2.05) is 30.3 Å². The van der Waals surface area contributed by atoms with Gasteiger partial charge in [-0.3, -0.25) is 9.59 Å². The second-order valence-electron chi connectivity index (χ2n) is 7.47. The van der Waals surface area contributed by atoms with Crippen LogP contribution in [0.5, 0.6) is 5.75 Å². The first-order valence-electron chi connectivity index (χ1n) is 8.61. The van der Waals surface area contributed by atoms with Gasteiger partial charge in [-0.15, -0.1) is 0 Å². The van der Waals surface area contributed by atoms with Crippen molar-refractivity contribution >= 4 is 11.8 Å². The van der Waals surface area contributed by atoms with Gasteiger partial charge < -0.3 is 15.8 Å². The lowest BCUT2D eigenvalue weighted by Gasteiger charge is -2.27. The van der Waals surface area contributed by atoms with E-state index in [-0.39, 0.29) is 24.0 Å². The summed E-state index contributed by atoms with van der Waals surface area (Å²) in [6, 6.07) is 16.2. The van der Waals surface area contributed by atoms with Crippen LogP contribution in [0.15, 0.2) is 54.6 Å². The summed E-state index contributed by atoms with van der Waals surface area (Å²) in [6.07, 6.45) is 0.816. The number of carbonyl (C=O) groups is 2. The molecule has 0 spiro atoms. The van der Waals surface area contributed by atoms with E-state index in [9.17, 15) is 9.59 Å². The average Bonchev–Trinajstić information content (AvgIpc) is 2.59. The van der Waals surface area contributed by atoms with Gasteiger partial charge in [0.05, 0.1) is 6.04 Å². The summed E-state index contributed by atoms with van der Waals surface area (Å²) in [7, 11) is 0. The van der Waals surface area contributed by atoms with E-state index in [0.29, 0.717) is 11.3 Å². The number of primary amides is 1. The molecule has 2 amide bonds. The number of hydrogen-bond acceptors (Lipinski definition) is 3. The number of ether oxygens (including phenoxy) is 1. The molecule has 0 heterocycles. The minimum Gasteiger partial charge on any atom is -0.484 e. The molecule has 0 aromatic heterocycles. The van der Waals surface area contributed by atoms with Gasteiger partial charge in [0.15, 0.2) is 6.61 Å². The molecule has 3 N–H and O–H groups in total. The maximum Gasteiger partial charge on any atom is 0.258 e. The monoisotopic (exact) mass is 354 g/mol. The van der Waals surface area contributed by atoms with Crippen molar-refractivity contribution in [3.63, 3.8) is 0 Å². The summed E-state index contributed by atoms with van der Waals surface area (Å²) < 4.78 is 5.51. The van der Waals surface area contributed by atoms with Crippen LogP contribution < -0.4 is 15.8 Å². The number of benzene rings is 2. The fourth-order valence-electron chi connectivity index (χ4n) is 2.65. The van der Waals surface area contributed by atoms with Crippen LogP contribution in [0.1, 0.15) is 49.2 Å². The number of nitrogens with two attached hydrogens (primary N) is 1. The zero-order valence-electron chi connectivity index (χ0n) is 15.5. The van der Waals surface area contributed by atoms with Crippen LogP contribution in [0.3, 0.4) is 0 Å². The molecule has 2 aromatic rings. The van der Waals surface area contributed by atoms with Gasteiger partial charge in [0.2, 0.25) is 5.91 Å². The van der Waals surface area contributed by atoms with E-state index in [0.717, 1.165) is 12.0 Å². The molecular formula is C21H26N2O3. The van der Waals surface area contributed by atoms with Crippen molar-refractivity contribution < 1.29 is 14.3 Å². The third-order valence-corrected chi connectivity index (χ3v) is 3.86. The van der Waals surface area contributed by atoms with Crippen LogP contribution in [0.25, 0.3) is 0 Å². The van der Waals surface area contributed by atoms with Gasteiger partial charge >= 0.3 is 0 Å². The molecule has 0 fully saturated rings. The standard InChI is InChI=1S/C21H26N2O3/c1-21(2,3)13-18(15-7-5-4-6-8-15)23-19(24)14-26-17-11-9-16(10-12-17)20(22)25/h4-12,18H,13-14H2,1-3H3,(H2,22,25)(H,23,24). The number of carbonyl (C=O) groups excluding carboxylic acids is 2. The Balaban J connectivity index is 1.97. The third kappa shape index (κ3) is 6.24. The van der Waals surface area contributed by atoms with Crippen molar-refractivity contribution in [2.24, 2.45) is 11.1 Å². The molecule has 5 nitrogen and oxygen atoms in total. The molecule has 0 aliphatic carbocycles. The lowest BCUT2D eigenvalue weighted by molar-refractivity contribution is -0.124. The van der Waals surface area contributed by atoms with Crippen molar-refractivity contribution in [1.82, 2.24) is 5.32 Å². The lowest BCUT2D eigenvalue weighted by Crippen LogP contribution is -2.34. The third-order valence-electron chi connectivity index (χ3n) is 3.86. The van der Waals surface area contributed by atoms with Gasteiger partial charge in [-0.2, -0.15) is 0 Å². The molecule has 0 aliphatic rings. The minimum atomic E-state index is -0.498. The minimum absolute atomic E-state index is 0.0687. The molecule has 0 saturated heterocycles. The van der Waals surface area contributed by atoms with Gasteiger partial charge in [-0.25, -0.2) is 0 Å². The molecule has 0 saturated carbocycles. The maximum absolute atomic E-state index is 12.4. The molecule has 1 atom stereocenters. The first-order chi connectivity index (χ1) is 12.2. The normalized spacial score (nSPS) is 12.3. The summed E-state index contributed by atoms with van der Waals surface area (Å²) >= 11 is 0. The van der Waals surface area contributed by atoms with Crippen LogP contribution in [0.4, 0.5) is 0 Å². The second kappa shape index (κ2) is 8.52. The highest BCUT2D eigenvalue weighted by Gasteiger charge is 2.22. The van der Waals surface area contributed by atoms with Crippen LogP contribution in [-0.4, -0.2) is 18.4 Å². The SMILES string of the molecule is CC(C)(C)CC(NC(=O)COc1ccc(C(N)=O)cc1)c1ccccc1. The second-order valence-corrected chi connectivity index (χ2v) is 7.47. The van der Waals surface area contributed by atoms with Gasteiger partial charge in [0.1, 0.15) is 5.75 Å². The number of amides is 2. The Labute approximate surface area is 154 Å². The molecule has 1 unspecified atom stereocenters. The summed E-state index contributed by atoms with van der Waals surface area (Å²) in [5, 5.41) is 3.05. The van der Waals surface area contributed by atoms with Crippen molar-refractivity contribution in [2.75, 3.05) is 6.61 Å². The molecule has 2 rings (SSSR count). The largest absolute Gasteiger partial charge is 0.484 e. The molecule has 26 heavy (non-hydrogen) atoms. The Morgan fingerprint density at radius 1 is 1.04 bits per heavy atom. The van der Waals surface area contributed by atoms with Gasteiger partial charge in [-0.05, 0) is 41.7 Å². The van der Waals surface area contributed by atoms with Crippen LogP contribution in [0, 0.1) is 5.41 Å². The van der Waals surface area contributed by atoms with Crippen LogP contribution in [0.2, 0.25) is 0 Å². The molecule has 0 radical (unpaired) electrons. The Morgan fingerprint density at radius 2 is 1.65 bits per heavy atom. The lowest BCUT2D eigenvalue weighted by atomic mass is 9.85. The van der Waals surface area contributed by atoms with E-state index in [1.165, 1.54) is 0 Å². The smallest absolute Gasteiger partial charge is 0.258 e. The number of rotatable bonds is 7. The topological polar surface area (TPSA) is 81.4 Å². The Hall–Kier alpha value is -2.82. The summed E-state index contributed by atoms with van der Waals surface area (Å²) in [6.45, 7) is 6.34. The Bertz CT molecular complexity index is 734. The first-order valence-corrected chi connectivity index (χ1v) is 8.61.